The summed E-state index contributed by atoms with van der Waals surface area (Å²) in [6, 6.07) is 0. The van der Waals surface area contributed by atoms with Gasteiger partial charge in [0.25, 0.3) is 0 Å². The van der Waals surface area contributed by atoms with Gasteiger partial charge in [-0.2, -0.15) is 0 Å². The molecular formula is C5H9OS2. The average Bonchev–Trinajstić information content (AvgIpc) is 2.12. The maximum Gasteiger partial charge on any atom is 0.0668 e. The van der Waals surface area contributed by atoms with Gasteiger partial charge < -0.3 is 5.11 Å². The molecule has 0 aromatic heterocycles. The summed E-state index contributed by atoms with van der Waals surface area (Å²) < 4.78 is 0. The fourth-order valence-corrected chi connectivity index (χ4v) is 3.39. The highest BCUT2D eigenvalue weighted by molar-refractivity contribution is 8.19. The molecule has 1 aliphatic heterocycles. The Kier molecular flexibility index (Phi) is 2.53. The zero-order chi connectivity index (χ0) is 5.98. The van der Waals surface area contributed by atoms with Crippen molar-refractivity contribution in [2.45, 2.75) is 11.4 Å². The van der Waals surface area contributed by atoms with E-state index in [-0.39, 0.29) is 6.10 Å². The molecule has 0 aromatic carbocycles. The second-order valence-electron chi connectivity index (χ2n) is 1.76. The molecule has 47 valence electrons. The molecule has 8 heavy (non-hydrogen) atoms. The zero-order valence-electron chi connectivity index (χ0n) is 4.54. The van der Waals surface area contributed by atoms with Crippen molar-refractivity contribution in [1.82, 2.24) is 0 Å². The Morgan fingerprint density at radius 1 is 1.75 bits per heavy atom. The van der Waals surface area contributed by atoms with E-state index in [0.29, 0.717) is 5.25 Å². The molecule has 1 rings (SSSR count). The molecule has 0 aliphatic carbocycles. The molecule has 1 nitrogen and oxygen atoms in total. The lowest BCUT2D eigenvalue weighted by atomic mass is 10.3. The third-order valence-electron chi connectivity index (χ3n) is 1.08. The van der Waals surface area contributed by atoms with Crippen molar-refractivity contribution >= 4 is 23.5 Å². The molecule has 0 bridgehead atoms. The first-order valence-electron chi connectivity index (χ1n) is 2.51. The second kappa shape index (κ2) is 2.99. The quantitative estimate of drug-likeness (QED) is 0.600. The summed E-state index contributed by atoms with van der Waals surface area (Å²) in [7, 11) is 0. The Hall–Kier alpha value is 0.660. The second-order valence-corrected chi connectivity index (χ2v) is 4.38. The summed E-state index contributed by atoms with van der Waals surface area (Å²) in [6.45, 7) is 3.54. The van der Waals surface area contributed by atoms with Crippen LogP contribution in [0.2, 0.25) is 0 Å². The van der Waals surface area contributed by atoms with Gasteiger partial charge in [-0.25, -0.2) is 0 Å². The van der Waals surface area contributed by atoms with Gasteiger partial charge >= 0.3 is 0 Å². The zero-order valence-corrected chi connectivity index (χ0v) is 6.17. The third-order valence-corrected chi connectivity index (χ3v) is 4.00. The van der Waals surface area contributed by atoms with E-state index < -0.39 is 0 Å². The van der Waals surface area contributed by atoms with Gasteiger partial charge in [-0.05, 0) is 6.92 Å². The SMILES string of the molecule is [CH2]C(O)C1CSCS1. The van der Waals surface area contributed by atoms with Gasteiger partial charge in [0.2, 0.25) is 0 Å². The molecular weight excluding hydrogens is 140 g/mol. The van der Waals surface area contributed by atoms with Crippen molar-refractivity contribution in [3.8, 4) is 0 Å². The highest BCUT2D eigenvalue weighted by Crippen LogP contribution is 2.30. The highest BCUT2D eigenvalue weighted by Gasteiger charge is 2.20. The summed E-state index contributed by atoms with van der Waals surface area (Å²) in [5, 5.41) is 10.4. The topological polar surface area (TPSA) is 20.2 Å². The molecule has 1 fully saturated rings. The van der Waals surface area contributed by atoms with Crippen LogP contribution in [0.3, 0.4) is 0 Å². The van der Waals surface area contributed by atoms with Crippen LogP contribution in [0, 0.1) is 6.92 Å². The first-order chi connectivity index (χ1) is 3.80. The Morgan fingerprint density at radius 2 is 2.50 bits per heavy atom. The number of aliphatic hydroxyl groups excluding tert-OH is 1. The molecule has 1 saturated heterocycles. The van der Waals surface area contributed by atoms with Crippen molar-refractivity contribution < 1.29 is 5.11 Å². The van der Waals surface area contributed by atoms with Crippen LogP contribution in [-0.4, -0.2) is 27.3 Å². The van der Waals surface area contributed by atoms with E-state index in [0.717, 1.165) is 10.8 Å². The van der Waals surface area contributed by atoms with Crippen molar-refractivity contribution in [2.75, 3.05) is 10.8 Å². The largest absolute Gasteiger partial charge is 0.392 e. The minimum absolute atomic E-state index is 0.366. The molecule has 1 aliphatic rings. The predicted octanol–water partition coefficient (Wildman–Crippen LogP) is 0.987. The van der Waals surface area contributed by atoms with E-state index >= 15 is 0 Å². The fourth-order valence-electron chi connectivity index (χ4n) is 0.570. The summed E-state index contributed by atoms with van der Waals surface area (Å²) in [5.41, 5.74) is 0. The third kappa shape index (κ3) is 1.57. The lowest BCUT2D eigenvalue weighted by Crippen LogP contribution is -2.18. The molecule has 1 heterocycles. The molecule has 2 atom stereocenters. The van der Waals surface area contributed by atoms with Gasteiger partial charge in [0.1, 0.15) is 0 Å². The standard InChI is InChI=1S/C5H9OS2/c1-4(6)5-2-7-3-8-5/h4-6H,1-3H2. The number of hydrogen-bond donors (Lipinski definition) is 1. The van der Waals surface area contributed by atoms with Crippen LogP contribution in [0.5, 0.6) is 0 Å². The van der Waals surface area contributed by atoms with Gasteiger partial charge in [-0.3, -0.25) is 0 Å². The van der Waals surface area contributed by atoms with Gasteiger partial charge in [-0.15, -0.1) is 23.5 Å². The van der Waals surface area contributed by atoms with E-state index in [1.54, 1.807) is 11.8 Å². The molecule has 1 radical (unpaired) electrons. The van der Waals surface area contributed by atoms with Crippen LogP contribution >= 0.6 is 23.5 Å². The summed E-state index contributed by atoms with van der Waals surface area (Å²) in [5.74, 6) is 1.06. The van der Waals surface area contributed by atoms with E-state index in [1.807, 2.05) is 11.8 Å². The molecule has 0 amide bonds. The van der Waals surface area contributed by atoms with E-state index in [9.17, 15) is 0 Å². The van der Waals surface area contributed by atoms with Gasteiger partial charge in [0.15, 0.2) is 0 Å². The smallest absolute Gasteiger partial charge is 0.0668 e. The van der Waals surface area contributed by atoms with Gasteiger partial charge in [-0.1, -0.05) is 0 Å². The lowest BCUT2D eigenvalue weighted by molar-refractivity contribution is 0.224. The van der Waals surface area contributed by atoms with Crippen LogP contribution in [0.1, 0.15) is 0 Å². The first-order valence-corrected chi connectivity index (χ1v) is 4.71. The molecule has 3 heteroatoms. The Labute approximate surface area is 58.2 Å². The maximum absolute atomic E-state index is 8.91. The number of rotatable bonds is 1. The maximum atomic E-state index is 8.91. The van der Waals surface area contributed by atoms with Crippen molar-refractivity contribution in [3.63, 3.8) is 0 Å². The van der Waals surface area contributed by atoms with Crippen LogP contribution < -0.4 is 0 Å². The molecule has 1 N–H and O–H groups in total. The van der Waals surface area contributed by atoms with Gasteiger partial charge in [0.05, 0.1) is 6.10 Å². The molecule has 0 aromatic rings. The van der Waals surface area contributed by atoms with E-state index in [1.165, 1.54) is 0 Å². The van der Waals surface area contributed by atoms with Crippen LogP contribution in [-0.2, 0) is 0 Å². The highest BCUT2D eigenvalue weighted by atomic mass is 32.2. The van der Waals surface area contributed by atoms with E-state index in [2.05, 4.69) is 6.92 Å². The number of hydrogen-bond acceptors (Lipinski definition) is 3. The number of thioether (sulfide) groups is 2. The number of aliphatic hydroxyl groups is 1. The Morgan fingerprint density at radius 3 is 2.75 bits per heavy atom. The van der Waals surface area contributed by atoms with Gasteiger partial charge in [0, 0.05) is 16.1 Å². The van der Waals surface area contributed by atoms with Crippen LogP contribution in [0.25, 0.3) is 0 Å². The minimum atomic E-state index is -0.366. The summed E-state index contributed by atoms with van der Waals surface area (Å²) >= 11 is 3.67. The minimum Gasteiger partial charge on any atom is -0.392 e. The molecule has 2 unspecified atom stereocenters. The van der Waals surface area contributed by atoms with Crippen molar-refractivity contribution in [1.29, 1.82) is 0 Å². The molecule has 0 spiro atoms. The Balaban J connectivity index is 2.24. The summed E-state index contributed by atoms with van der Waals surface area (Å²) in [4.78, 5) is 0. The summed E-state index contributed by atoms with van der Waals surface area (Å²) in [6.07, 6.45) is -0.366. The lowest BCUT2D eigenvalue weighted by Gasteiger charge is -2.08. The van der Waals surface area contributed by atoms with Crippen LogP contribution in [0.15, 0.2) is 0 Å². The van der Waals surface area contributed by atoms with Crippen molar-refractivity contribution in [3.05, 3.63) is 6.92 Å². The monoisotopic (exact) mass is 149 g/mol. The predicted molar refractivity (Wildman–Crippen MR) is 40.1 cm³/mol. The van der Waals surface area contributed by atoms with Crippen molar-refractivity contribution in [2.24, 2.45) is 0 Å². The fraction of sp³-hybridized carbons (Fsp3) is 0.800. The van der Waals surface area contributed by atoms with Crippen LogP contribution in [0.4, 0.5) is 0 Å². The van der Waals surface area contributed by atoms with E-state index in [4.69, 9.17) is 5.11 Å². The normalized spacial score (nSPS) is 33.0. The average molecular weight is 149 g/mol. The first kappa shape index (κ1) is 6.78. The Bertz CT molecular complexity index is 68.8. The molecule has 0 saturated carbocycles.